The zero-order valence-corrected chi connectivity index (χ0v) is 15.7. The second-order valence-corrected chi connectivity index (χ2v) is 7.81. The van der Waals surface area contributed by atoms with Crippen LogP contribution in [-0.4, -0.2) is 31.2 Å². The number of carbonyl (C=O) groups is 1. The first-order valence-electron chi connectivity index (χ1n) is 8.21. The Kier molecular flexibility index (Phi) is 4.40. The molecule has 0 bridgehead atoms. The fourth-order valence-corrected chi connectivity index (χ4v) is 2.92. The van der Waals surface area contributed by atoms with Crippen molar-refractivity contribution in [1.82, 2.24) is 15.0 Å². The van der Waals surface area contributed by atoms with Crippen molar-refractivity contribution in [3.05, 3.63) is 46.5 Å². The van der Waals surface area contributed by atoms with Crippen molar-refractivity contribution in [2.75, 3.05) is 0 Å². The molecular weight excluding hydrogens is 354 g/mol. The molecule has 0 amide bonds. The molecule has 2 aromatic carbocycles. The number of phenols is 1. The first kappa shape index (κ1) is 18.2. The van der Waals surface area contributed by atoms with Crippen LogP contribution in [0.1, 0.15) is 44.7 Å². The zero-order chi connectivity index (χ0) is 19.2. The summed E-state index contributed by atoms with van der Waals surface area (Å²) in [4.78, 5) is 12.8. The van der Waals surface area contributed by atoms with Gasteiger partial charge in [0.1, 0.15) is 22.5 Å². The van der Waals surface area contributed by atoms with E-state index in [1.807, 2.05) is 20.8 Å². The van der Waals surface area contributed by atoms with Gasteiger partial charge in [0, 0.05) is 10.6 Å². The number of nitrogens with zero attached hydrogens (tertiary/aromatic N) is 3. The number of carboxylic acids is 1. The third kappa shape index (κ3) is 3.24. The lowest BCUT2D eigenvalue weighted by atomic mass is 9.83. The molecule has 0 aliphatic carbocycles. The standard InChI is InChI=1S/C19H20ClN3O3/c1-10(18(25)26)11-7-13(19(2,3)4)17(24)16(8-11)23-21-14-6-5-12(20)9-15(14)22-23/h5-10,24H,1-4H3,(H,25,26). The van der Waals surface area contributed by atoms with E-state index in [4.69, 9.17) is 11.6 Å². The second-order valence-electron chi connectivity index (χ2n) is 7.37. The Morgan fingerprint density at radius 2 is 1.81 bits per heavy atom. The van der Waals surface area contributed by atoms with Crippen LogP contribution in [0.15, 0.2) is 30.3 Å². The van der Waals surface area contributed by atoms with E-state index in [2.05, 4.69) is 10.2 Å². The molecule has 0 spiro atoms. The van der Waals surface area contributed by atoms with Crippen molar-refractivity contribution in [3.8, 4) is 11.4 Å². The van der Waals surface area contributed by atoms with E-state index < -0.39 is 11.9 Å². The molecule has 0 fully saturated rings. The summed E-state index contributed by atoms with van der Waals surface area (Å²) in [6, 6.07) is 8.49. The van der Waals surface area contributed by atoms with Crippen LogP contribution < -0.4 is 0 Å². The number of aliphatic carboxylic acids is 1. The van der Waals surface area contributed by atoms with Crippen LogP contribution in [0.25, 0.3) is 16.7 Å². The fraction of sp³-hybridized carbons (Fsp3) is 0.316. The molecule has 0 aliphatic heterocycles. The smallest absolute Gasteiger partial charge is 0.310 e. The van der Waals surface area contributed by atoms with E-state index in [-0.39, 0.29) is 11.2 Å². The quantitative estimate of drug-likeness (QED) is 0.715. The number of carboxylic acid groups (broad SMARTS) is 1. The molecule has 1 aromatic heterocycles. The summed E-state index contributed by atoms with van der Waals surface area (Å²) in [6.45, 7) is 7.47. The number of aromatic nitrogens is 3. The highest BCUT2D eigenvalue weighted by Gasteiger charge is 2.26. The minimum absolute atomic E-state index is 0.0326. The maximum atomic E-state index is 11.5. The van der Waals surface area contributed by atoms with E-state index in [0.29, 0.717) is 32.9 Å². The monoisotopic (exact) mass is 373 g/mol. The van der Waals surface area contributed by atoms with E-state index in [1.54, 1.807) is 37.3 Å². The Bertz CT molecular complexity index is 1010. The topological polar surface area (TPSA) is 88.2 Å². The molecular formula is C19H20ClN3O3. The molecule has 0 radical (unpaired) electrons. The molecule has 1 atom stereocenters. The second kappa shape index (κ2) is 6.29. The summed E-state index contributed by atoms with van der Waals surface area (Å²) < 4.78 is 0. The summed E-state index contributed by atoms with van der Waals surface area (Å²) in [7, 11) is 0. The SMILES string of the molecule is CC(C(=O)O)c1cc(-n2nc3ccc(Cl)cc3n2)c(O)c(C(C)(C)C)c1. The van der Waals surface area contributed by atoms with Crippen molar-refractivity contribution < 1.29 is 15.0 Å². The minimum Gasteiger partial charge on any atom is -0.505 e. The molecule has 0 saturated heterocycles. The molecule has 2 N–H and O–H groups in total. The first-order chi connectivity index (χ1) is 12.1. The Hall–Kier alpha value is -2.60. The van der Waals surface area contributed by atoms with Gasteiger partial charge in [-0.25, -0.2) is 0 Å². The van der Waals surface area contributed by atoms with Crippen LogP contribution >= 0.6 is 11.6 Å². The average Bonchev–Trinajstić information content (AvgIpc) is 2.95. The van der Waals surface area contributed by atoms with Gasteiger partial charge in [0.05, 0.1) is 5.92 Å². The van der Waals surface area contributed by atoms with Gasteiger partial charge in [0.25, 0.3) is 0 Å². The van der Waals surface area contributed by atoms with Crippen LogP contribution in [0.2, 0.25) is 5.02 Å². The number of benzene rings is 2. The normalized spacial score (nSPS) is 13.1. The molecule has 0 saturated carbocycles. The maximum absolute atomic E-state index is 11.5. The minimum atomic E-state index is -0.938. The van der Waals surface area contributed by atoms with Crippen LogP contribution in [-0.2, 0) is 10.2 Å². The molecule has 0 aliphatic rings. The molecule has 136 valence electrons. The van der Waals surface area contributed by atoms with Gasteiger partial charge in [0.2, 0.25) is 0 Å². The molecule has 3 rings (SSSR count). The molecule has 1 unspecified atom stereocenters. The predicted octanol–water partition coefficient (Wildman–Crippen LogP) is 4.27. The highest BCUT2D eigenvalue weighted by Crippen LogP contribution is 2.38. The number of rotatable bonds is 3. The summed E-state index contributed by atoms with van der Waals surface area (Å²) in [5, 5.41) is 29.5. The van der Waals surface area contributed by atoms with Gasteiger partial charge < -0.3 is 10.2 Å². The van der Waals surface area contributed by atoms with Crippen LogP contribution in [0.4, 0.5) is 0 Å². The van der Waals surface area contributed by atoms with Crippen molar-refractivity contribution in [3.63, 3.8) is 0 Å². The lowest BCUT2D eigenvalue weighted by Gasteiger charge is -2.23. The van der Waals surface area contributed by atoms with Crippen molar-refractivity contribution in [2.45, 2.75) is 39.0 Å². The summed E-state index contributed by atoms with van der Waals surface area (Å²) in [5.74, 6) is -1.63. The van der Waals surface area contributed by atoms with Gasteiger partial charge in [-0.05, 0) is 42.2 Å². The largest absolute Gasteiger partial charge is 0.505 e. The lowest BCUT2D eigenvalue weighted by Crippen LogP contribution is -2.16. The predicted molar refractivity (Wildman–Crippen MR) is 100 cm³/mol. The van der Waals surface area contributed by atoms with E-state index >= 15 is 0 Å². The van der Waals surface area contributed by atoms with E-state index in [0.717, 1.165) is 0 Å². The van der Waals surface area contributed by atoms with E-state index in [9.17, 15) is 15.0 Å². The third-order valence-electron chi connectivity index (χ3n) is 4.35. The number of hydrogen-bond acceptors (Lipinski definition) is 4. The highest BCUT2D eigenvalue weighted by atomic mass is 35.5. The Labute approximate surface area is 156 Å². The fourth-order valence-electron chi connectivity index (χ4n) is 2.75. The molecule has 6 nitrogen and oxygen atoms in total. The number of fused-ring (bicyclic) bond motifs is 1. The van der Waals surface area contributed by atoms with Gasteiger partial charge in [-0.3, -0.25) is 4.79 Å². The zero-order valence-electron chi connectivity index (χ0n) is 15.0. The van der Waals surface area contributed by atoms with Gasteiger partial charge in [0.15, 0.2) is 0 Å². The molecule has 7 heteroatoms. The summed E-state index contributed by atoms with van der Waals surface area (Å²) in [6.07, 6.45) is 0. The highest BCUT2D eigenvalue weighted by molar-refractivity contribution is 6.31. The van der Waals surface area contributed by atoms with Crippen molar-refractivity contribution in [1.29, 1.82) is 0 Å². The maximum Gasteiger partial charge on any atom is 0.310 e. The molecule has 3 aromatic rings. The Morgan fingerprint density at radius 3 is 2.42 bits per heavy atom. The number of halogens is 1. The number of phenolic OH excluding ortho intramolecular Hbond substituents is 1. The molecule has 26 heavy (non-hydrogen) atoms. The first-order valence-corrected chi connectivity index (χ1v) is 8.59. The van der Waals surface area contributed by atoms with Gasteiger partial charge in [-0.2, -0.15) is 0 Å². The Morgan fingerprint density at radius 1 is 1.15 bits per heavy atom. The van der Waals surface area contributed by atoms with Gasteiger partial charge in [-0.1, -0.05) is 38.4 Å². The van der Waals surface area contributed by atoms with Crippen molar-refractivity contribution >= 4 is 28.6 Å². The molecule has 1 heterocycles. The average molecular weight is 374 g/mol. The van der Waals surface area contributed by atoms with Gasteiger partial charge in [-0.15, -0.1) is 15.0 Å². The van der Waals surface area contributed by atoms with Crippen LogP contribution in [0.3, 0.4) is 0 Å². The van der Waals surface area contributed by atoms with Crippen LogP contribution in [0.5, 0.6) is 5.75 Å². The summed E-state index contributed by atoms with van der Waals surface area (Å²) in [5.41, 5.74) is 2.39. The number of hydrogen-bond donors (Lipinski definition) is 2. The Balaban J connectivity index is 2.27. The third-order valence-corrected chi connectivity index (χ3v) is 4.58. The van der Waals surface area contributed by atoms with Crippen molar-refractivity contribution in [2.24, 2.45) is 0 Å². The van der Waals surface area contributed by atoms with Crippen LogP contribution in [0, 0.1) is 0 Å². The lowest BCUT2D eigenvalue weighted by molar-refractivity contribution is -0.138. The number of aromatic hydroxyl groups is 1. The van der Waals surface area contributed by atoms with E-state index in [1.165, 1.54) is 4.80 Å². The van der Waals surface area contributed by atoms with Gasteiger partial charge >= 0.3 is 5.97 Å². The summed E-state index contributed by atoms with van der Waals surface area (Å²) >= 11 is 6.00.